The summed E-state index contributed by atoms with van der Waals surface area (Å²) in [5.74, 6) is 3.03. The maximum absolute atomic E-state index is 5.85. The van der Waals surface area contributed by atoms with Gasteiger partial charge in [-0.1, -0.05) is 30.3 Å². The highest BCUT2D eigenvalue weighted by atomic mass is 15.1. The van der Waals surface area contributed by atoms with Gasteiger partial charge in [0.2, 0.25) is 0 Å². The van der Waals surface area contributed by atoms with Crippen LogP contribution >= 0.6 is 0 Å². The summed E-state index contributed by atoms with van der Waals surface area (Å²) in [5.41, 5.74) is 16.6. The molecule has 0 saturated heterocycles. The number of aromatic nitrogens is 4. The summed E-state index contributed by atoms with van der Waals surface area (Å²) < 4.78 is 2.24. The van der Waals surface area contributed by atoms with E-state index < -0.39 is 0 Å². The molecule has 4 N–H and O–H groups in total. The molecule has 140 valence electrons. The first-order valence-corrected chi connectivity index (χ1v) is 9.51. The topological polar surface area (TPSA) is 95.6 Å². The predicted octanol–water partition coefficient (Wildman–Crippen LogP) is 3.77. The minimum Gasteiger partial charge on any atom is -0.384 e. The maximum atomic E-state index is 5.85. The third-order valence-corrected chi connectivity index (χ3v) is 5.51. The number of hydrogen-bond donors (Lipinski definition) is 2. The van der Waals surface area contributed by atoms with Gasteiger partial charge in [0, 0.05) is 12.1 Å². The molecule has 0 amide bonds. The van der Waals surface area contributed by atoms with Crippen molar-refractivity contribution >= 4 is 22.8 Å². The van der Waals surface area contributed by atoms with Gasteiger partial charge in [-0.2, -0.15) is 0 Å². The number of hydrogen-bond acceptors (Lipinski definition) is 5. The zero-order valence-electron chi connectivity index (χ0n) is 15.7. The van der Waals surface area contributed by atoms with Crippen molar-refractivity contribution in [2.75, 3.05) is 11.5 Å². The number of aryl methyl sites for hydroxylation is 1. The Balaban J connectivity index is 1.48. The Morgan fingerprint density at radius 1 is 0.964 bits per heavy atom. The maximum Gasteiger partial charge on any atom is 0.160 e. The molecule has 4 aromatic rings. The number of fused-ring (bicyclic) bond motifs is 1. The molecule has 3 aromatic heterocycles. The molecule has 0 unspecified atom stereocenters. The van der Waals surface area contributed by atoms with Crippen LogP contribution in [0.2, 0.25) is 0 Å². The fraction of sp³-hybridized carbons (Fsp3) is 0.227. The van der Waals surface area contributed by atoms with Crippen LogP contribution in [0.3, 0.4) is 0 Å². The monoisotopic (exact) mass is 370 g/mol. The summed E-state index contributed by atoms with van der Waals surface area (Å²) in [5, 5.41) is 0. The minimum atomic E-state index is 0.394. The van der Waals surface area contributed by atoms with Crippen molar-refractivity contribution < 1.29 is 0 Å². The van der Waals surface area contributed by atoms with Gasteiger partial charge in [-0.15, -0.1) is 0 Å². The molecule has 1 saturated carbocycles. The third-order valence-electron chi connectivity index (χ3n) is 5.51. The number of imidazole rings is 1. The van der Waals surface area contributed by atoms with Crippen LogP contribution in [0, 0.1) is 12.8 Å². The molecule has 0 radical (unpaired) electrons. The molecule has 1 aliphatic carbocycles. The van der Waals surface area contributed by atoms with E-state index in [0.29, 0.717) is 23.5 Å². The molecule has 28 heavy (non-hydrogen) atoms. The molecule has 1 fully saturated rings. The number of pyridine rings is 2. The van der Waals surface area contributed by atoms with Crippen LogP contribution in [0.5, 0.6) is 0 Å². The van der Waals surface area contributed by atoms with E-state index in [-0.39, 0.29) is 0 Å². The summed E-state index contributed by atoms with van der Waals surface area (Å²) in [6, 6.07) is 18.3. The number of rotatable bonds is 4. The van der Waals surface area contributed by atoms with Crippen molar-refractivity contribution in [2.24, 2.45) is 5.92 Å². The second-order valence-electron chi connectivity index (χ2n) is 7.53. The Hall–Kier alpha value is -3.41. The second-order valence-corrected chi connectivity index (χ2v) is 7.53. The van der Waals surface area contributed by atoms with Crippen LogP contribution in [0.4, 0.5) is 11.6 Å². The molecule has 6 nitrogen and oxygen atoms in total. The number of nitrogen functional groups attached to an aromatic ring is 2. The molecule has 1 aliphatic rings. The van der Waals surface area contributed by atoms with E-state index >= 15 is 0 Å². The van der Waals surface area contributed by atoms with Crippen LogP contribution in [0.15, 0.2) is 54.6 Å². The normalized spacial score (nSPS) is 18.5. The van der Waals surface area contributed by atoms with Crippen LogP contribution in [-0.4, -0.2) is 19.5 Å². The molecule has 6 heteroatoms. The van der Waals surface area contributed by atoms with Crippen LogP contribution in [0.25, 0.3) is 22.4 Å². The van der Waals surface area contributed by atoms with Crippen molar-refractivity contribution in [3.05, 3.63) is 66.0 Å². The lowest BCUT2D eigenvalue weighted by molar-refractivity contribution is 0.608. The predicted molar refractivity (Wildman–Crippen MR) is 112 cm³/mol. The molecule has 0 spiro atoms. The highest BCUT2D eigenvalue weighted by Crippen LogP contribution is 2.48. The molecule has 1 aromatic carbocycles. The summed E-state index contributed by atoms with van der Waals surface area (Å²) in [4.78, 5) is 13.6. The smallest absolute Gasteiger partial charge is 0.160 e. The van der Waals surface area contributed by atoms with E-state index in [1.807, 2.05) is 19.1 Å². The quantitative estimate of drug-likeness (QED) is 0.570. The van der Waals surface area contributed by atoms with Gasteiger partial charge >= 0.3 is 0 Å². The summed E-state index contributed by atoms with van der Waals surface area (Å²) in [7, 11) is 0. The standard InChI is InChI=1S/C22H22N6/c1-13-25-19-8-7-18(15-10-20(23)27-21(24)11-15)26-22(19)28(13)12-16-9-17(16)14-5-3-2-4-6-14/h2-8,10-11,16-17H,9,12H2,1H3,(H4,23,24,27)/t16-,17-/m1/s1. The highest BCUT2D eigenvalue weighted by Gasteiger charge is 2.38. The molecule has 3 heterocycles. The Morgan fingerprint density at radius 3 is 2.46 bits per heavy atom. The number of nitrogens with zero attached hydrogens (tertiary/aromatic N) is 4. The fourth-order valence-corrected chi connectivity index (χ4v) is 4.01. The molecular formula is C22H22N6. The number of nitrogens with two attached hydrogens (primary N) is 2. The van der Waals surface area contributed by atoms with E-state index in [0.717, 1.165) is 34.8 Å². The third kappa shape index (κ3) is 2.97. The average molecular weight is 370 g/mol. The van der Waals surface area contributed by atoms with Crippen molar-refractivity contribution in [3.63, 3.8) is 0 Å². The van der Waals surface area contributed by atoms with E-state index in [4.69, 9.17) is 21.4 Å². The lowest BCUT2D eigenvalue weighted by Crippen LogP contribution is -2.05. The van der Waals surface area contributed by atoms with E-state index in [1.54, 1.807) is 12.1 Å². The second kappa shape index (κ2) is 6.34. The van der Waals surface area contributed by atoms with Crippen molar-refractivity contribution in [3.8, 4) is 11.3 Å². The number of benzene rings is 1. The molecule has 0 aliphatic heterocycles. The summed E-state index contributed by atoms with van der Waals surface area (Å²) in [6.07, 6.45) is 1.21. The average Bonchev–Trinajstić information content (AvgIpc) is 3.39. The Morgan fingerprint density at radius 2 is 1.71 bits per heavy atom. The molecule has 5 rings (SSSR count). The van der Waals surface area contributed by atoms with Crippen LogP contribution in [0.1, 0.15) is 23.7 Å². The zero-order chi connectivity index (χ0) is 19.3. The first-order chi connectivity index (χ1) is 13.6. The lowest BCUT2D eigenvalue weighted by Gasteiger charge is -2.08. The van der Waals surface area contributed by atoms with Gasteiger partial charge < -0.3 is 16.0 Å². The van der Waals surface area contributed by atoms with E-state index in [1.165, 1.54) is 12.0 Å². The van der Waals surface area contributed by atoms with Gasteiger partial charge in [-0.25, -0.2) is 15.0 Å². The largest absolute Gasteiger partial charge is 0.384 e. The van der Waals surface area contributed by atoms with E-state index in [2.05, 4.69) is 39.9 Å². The van der Waals surface area contributed by atoms with E-state index in [9.17, 15) is 0 Å². The van der Waals surface area contributed by atoms with Gasteiger partial charge in [0.25, 0.3) is 0 Å². The van der Waals surface area contributed by atoms with Gasteiger partial charge in [-0.3, -0.25) is 0 Å². The van der Waals surface area contributed by atoms with Gasteiger partial charge in [-0.05, 0) is 55.0 Å². The van der Waals surface area contributed by atoms with Crippen molar-refractivity contribution in [2.45, 2.75) is 25.8 Å². The Labute approximate surface area is 163 Å². The van der Waals surface area contributed by atoms with Crippen molar-refractivity contribution in [1.82, 2.24) is 19.5 Å². The Kier molecular flexibility index (Phi) is 3.79. The molecular weight excluding hydrogens is 348 g/mol. The van der Waals surface area contributed by atoms with Crippen LogP contribution in [-0.2, 0) is 6.54 Å². The zero-order valence-corrected chi connectivity index (χ0v) is 15.7. The van der Waals surface area contributed by atoms with Gasteiger partial charge in [0.1, 0.15) is 23.0 Å². The summed E-state index contributed by atoms with van der Waals surface area (Å²) in [6.45, 7) is 2.97. The fourth-order valence-electron chi connectivity index (χ4n) is 4.01. The van der Waals surface area contributed by atoms with Crippen molar-refractivity contribution in [1.29, 1.82) is 0 Å². The molecule has 0 bridgehead atoms. The highest BCUT2D eigenvalue weighted by molar-refractivity contribution is 5.77. The minimum absolute atomic E-state index is 0.394. The molecule has 2 atom stereocenters. The first-order valence-electron chi connectivity index (χ1n) is 9.51. The lowest BCUT2D eigenvalue weighted by atomic mass is 10.1. The first kappa shape index (κ1) is 16.7. The van der Waals surface area contributed by atoms with Crippen LogP contribution < -0.4 is 11.5 Å². The summed E-state index contributed by atoms with van der Waals surface area (Å²) >= 11 is 0. The number of anilines is 2. The Bertz CT molecular complexity index is 1140. The van der Waals surface area contributed by atoms with Gasteiger partial charge in [0.15, 0.2) is 5.65 Å². The van der Waals surface area contributed by atoms with Gasteiger partial charge in [0.05, 0.1) is 5.69 Å². The SMILES string of the molecule is Cc1nc2ccc(-c3cc(N)nc(N)c3)nc2n1C[C@H]1C[C@@H]1c1ccccc1.